The van der Waals surface area contributed by atoms with Crippen molar-refractivity contribution in [2.75, 3.05) is 32.1 Å². The Morgan fingerprint density at radius 1 is 0.882 bits per heavy atom. The van der Waals surface area contributed by atoms with E-state index in [4.69, 9.17) is 0 Å². The number of anilines is 1. The van der Waals surface area contributed by atoms with Crippen LogP contribution in [0.1, 0.15) is 32.7 Å². The minimum Gasteiger partial charge on any atom is -0.309 e. The van der Waals surface area contributed by atoms with E-state index >= 15 is 0 Å². The summed E-state index contributed by atoms with van der Waals surface area (Å²) in [7, 11) is 3.96. The van der Waals surface area contributed by atoms with Crippen molar-refractivity contribution >= 4 is 50.8 Å². The molecule has 0 spiro atoms. The van der Waals surface area contributed by atoms with Gasteiger partial charge in [0.25, 0.3) is 5.91 Å². The van der Waals surface area contributed by atoms with E-state index in [1.807, 2.05) is 32.3 Å². The number of thiazole rings is 1. The molecule has 4 rings (SSSR count). The van der Waals surface area contributed by atoms with E-state index in [1.165, 1.54) is 23.5 Å². The standard InChI is InChI=1S/C26H24FN3O2S.ClH/c1-29(2)15-6-16-30(26-28-22-14-13-21(27)17-23(22)33-26)25(32)20-11-9-19(10-12-20)24(31)18-7-4-3-5-8-18;/h3-5,7-14,17H,6,15-16H2,1-2H3;1H. The van der Waals surface area contributed by atoms with Gasteiger partial charge < -0.3 is 4.90 Å². The highest BCUT2D eigenvalue weighted by atomic mass is 35.5. The first-order valence-corrected chi connectivity index (χ1v) is 11.5. The molecule has 1 aromatic heterocycles. The first-order chi connectivity index (χ1) is 15.9. The van der Waals surface area contributed by atoms with Crippen LogP contribution in [-0.4, -0.2) is 48.8 Å². The third kappa shape index (κ3) is 5.86. The van der Waals surface area contributed by atoms with Gasteiger partial charge >= 0.3 is 0 Å². The Kier molecular flexibility index (Phi) is 8.50. The van der Waals surface area contributed by atoms with Crippen LogP contribution in [0, 0.1) is 5.82 Å². The Hall–Kier alpha value is -3.13. The van der Waals surface area contributed by atoms with Crippen LogP contribution in [-0.2, 0) is 0 Å². The Labute approximate surface area is 208 Å². The van der Waals surface area contributed by atoms with E-state index in [0.29, 0.717) is 38.6 Å². The van der Waals surface area contributed by atoms with Crippen LogP contribution in [0.5, 0.6) is 0 Å². The number of carbonyl (C=O) groups is 2. The number of aromatic nitrogens is 1. The van der Waals surface area contributed by atoms with E-state index in [9.17, 15) is 14.0 Å². The van der Waals surface area contributed by atoms with Gasteiger partial charge in [0, 0.05) is 23.2 Å². The molecule has 0 N–H and O–H groups in total. The summed E-state index contributed by atoms with van der Waals surface area (Å²) < 4.78 is 14.3. The molecule has 0 fully saturated rings. The van der Waals surface area contributed by atoms with Gasteiger partial charge in [0.1, 0.15) is 5.82 Å². The Morgan fingerprint density at radius 2 is 1.53 bits per heavy atom. The summed E-state index contributed by atoms with van der Waals surface area (Å²) in [5, 5.41) is 0.531. The molecule has 5 nitrogen and oxygen atoms in total. The largest absolute Gasteiger partial charge is 0.309 e. The van der Waals surface area contributed by atoms with Crippen molar-refractivity contribution in [2.45, 2.75) is 6.42 Å². The fraction of sp³-hybridized carbons (Fsp3) is 0.192. The normalized spacial score (nSPS) is 10.8. The number of ketones is 1. The lowest BCUT2D eigenvalue weighted by molar-refractivity contribution is 0.0983. The number of fused-ring (bicyclic) bond motifs is 1. The SMILES string of the molecule is CN(C)CCCN(C(=O)c1ccc(C(=O)c2ccccc2)cc1)c1nc2ccc(F)cc2s1.Cl. The minimum atomic E-state index is -0.332. The third-order valence-electron chi connectivity index (χ3n) is 5.23. The Bertz CT molecular complexity index is 1280. The van der Waals surface area contributed by atoms with Crippen LogP contribution in [0.2, 0.25) is 0 Å². The van der Waals surface area contributed by atoms with Gasteiger partial charge in [-0.25, -0.2) is 9.37 Å². The smallest absolute Gasteiger partial charge is 0.260 e. The van der Waals surface area contributed by atoms with Gasteiger partial charge in [-0.15, -0.1) is 12.4 Å². The van der Waals surface area contributed by atoms with Crippen LogP contribution >= 0.6 is 23.7 Å². The van der Waals surface area contributed by atoms with E-state index < -0.39 is 0 Å². The van der Waals surface area contributed by atoms with Crippen LogP contribution in [0.3, 0.4) is 0 Å². The van der Waals surface area contributed by atoms with E-state index in [1.54, 1.807) is 47.4 Å². The van der Waals surface area contributed by atoms with E-state index in [2.05, 4.69) is 9.88 Å². The molecule has 4 aromatic rings. The highest BCUT2D eigenvalue weighted by Gasteiger charge is 2.22. The van der Waals surface area contributed by atoms with Gasteiger partial charge in [0.15, 0.2) is 10.9 Å². The van der Waals surface area contributed by atoms with Crippen molar-refractivity contribution in [2.24, 2.45) is 0 Å². The van der Waals surface area contributed by atoms with Gasteiger partial charge in [0.2, 0.25) is 0 Å². The number of hydrogen-bond donors (Lipinski definition) is 0. The number of nitrogens with zero attached hydrogens (tertiary/aromatic N) is 3. The summed E-state index contributed by atoms with van der Waals surface area (Å²) in [6.45, 7) is 1.29. The van der Waals surface area contributed by atoms with Crippen LogP contribution < -0.4 is 4.90 Å². The Balaban J connectivity index is 0.00000324. The molecule has 0 aliphatic carbocycles. The molecule has 1 amide bonds. The maximum absolute atomic E-state index is 13.7. The monoisotopic (exact) mass is 497 g/mol. The second-order valence-electron chi connectivity index (χ2n) is 7.99. The summed E-state index contributed by atoms with van der Waals surface area (Å²) in [6, 6.07) is 20.2. The minimum absolute atomic E-state index is 0. The topological polar surface area (TPSA) is 53.5 Å². The number of carbonyl (C=O) groups excluding carboxylic acids is 2. The van der Waals surface area contributed by atoms with Gasteiger partial charge in [0.05, 0.1) is 10.2 Å². The van der Waals surface area contributed by atoms with Gasteiger partial charge in [-0.1, -0.05) is 53.8 Å². The fourth-order valence-electron chi connectivity index (χ4n) is 3.51. The molecule has 0 bridgehead atoms. The number of hydrogen-bond acceptors (Lipinski definition) is 5. The van der Waals surface area contributed by atoms with Gasteiger partial charge in [-0.3, -0.25) is 14.5 Å². The number of benzene rings is 3. The molecule has 0 atom stereocenters. The molecule has 8 heteroatoms. The third-order valence-corrected chi connectivity index (χ3v) is 6.27. The van der Waals surface area contributed by atoms with E-state index in [0.717, 1.165) is 13.0 Å². The van der Waals surface area contributed by atoms with Crippen molar-refractivity contribution in [3.8, 4) is 0 Å². The second kappa shape index (κ2) is 11.3. The lowest BCUT2D eigenvalue weighted by Gasteiger charge is -2.21. The molecule has 0 aliphatic rings. The zero-order valence-corrected chi connectivity index (χ0v) is 20.5. The lowest BCUT2D eigenvalue weighted by atomic mass is 10.0. The summed E-state index contributed by atoms with van der Waals surface area (Å²) in [4.78, 5) is 34.4. The summed E-state index contributed by atoms with van der Waals surface area (Å²) >= 11 is 1.29. The van der Waals surface area contributed by atoms with Crippen molar-refractivity contribution in [1.29, 1.82) is 0 Å². The number of rotatable bonds is 8. The fourth-order valence-corrected chi connectivity index (χ4v) is 4.52. The summed E-state index contributed by atoms with van der Waals surface area (Å²) in [5.74, 6) is -0.625. The molecule has 0 saturated carbocycles. The summed E-state index contributed by atoms with van der Waals surface area (Å²) in [5.41, 5.74) is 2.25. The molecule has 1 heterocycles. The zero-order chi connectivity index (χ0) is 23.4. The van der Waals surface area contributed by atoms with Gasteiger partial charge in [-0.2, -0.15) is 0 Å². The van der Waals surface area contributed by atoms with Crippen molar-refractivity contribution in [3.63, 3.8) is 0 Å². The molecular formula is C26H25ClFN3O2S. The quantitative estimate of drug-likeness (QED) is 0.294. The highest BCUT2D eigenvalue weighted by molar-refractivity contribution is 7.22. The molecule has 3 aromatic carbocycles. The zero-order valence-electron chi connectivity index (χ0n) is 18.9. The molecule has 0 radical (unpaired) electrons. The maximum Gasteiger partial charge on any atom is 0.260 e. The number of amides is 1. The molecule has 176 valence electrons. The predicted octanol–water partition coefficient (Wildman–Crippen LogP) is 5.69. The predicted molar refractivity (Wildman–Crippen MR) is 138 cm³/mol. The first kappa shape index (κ1) is 25.5. The second-order valence-corrected chi connectivity index (χ2v) is 9.00. The first-order valence-electron chi connectivity index (χ1n) is 10.6. The van der Waals surface area contributed by atoms with Crippen molar-refractivity contribution < 1.29 is 14.0 Å². The van der Waals surface area contributed by atoms with Crippen LogP contribution in [0.15, 0.2) is 72.8 Å². The Morgan fingerprint density at radius 3 is 2.21 bits per heavy atom. The number of halogens is 2. The molecular weight excluding hydrogens is 473 g/mol. The molecule has 0 saturated heterocycles. The van der Waals surface area contributed by atoms with Crippen LogP contribution in [0.4, 0.5) is 9.52 Å². The molecule has 0 unspecified atom stereocenters. The highest BCUT2D eigenvalue weighted by Crippen LogP contribution is 2.30. The van der Waals surface area contributed by atoms with Crippen molar-refractivity contribution in [3.05, 3.63) is 95.3 Å². The van der Waals surface area contributed by atoms with Crippen LogP contribution in [0.25, 0.3) is 10.2 Å². The average molecular weight is 498 g/mol. The van der Waals surface area contributed by atoms with Gasteiger partial charge in [-0.05, 0) is 57.4 Å². The maximum atomic E-state index is 13.7. The average Bonchev–Trinajstić information content (AvgIpc) is 3.24. The molecule has 34 heavy (non-hydrogen) atoms. The summed E-state index contributed by atoms with van der Waals surface area (Å²) in [6.07, 6.45) is 0.758. The lowest BCUT2D eigenvalue weighted by Crippen LogP contribution is -2.33. The van der Waals surface area contributed by atoms with Crippen molar-refractivity contribution in [1.82, 2.24) is 9.88 Å². The molecule has 0 aliphatic heterocycles. The van der Waals surface area contributed by atoms with E-state index in [-0.39, 0.29) is 29.9 Å².